The first-order valence-corrected chi connectivity index (χ1v) is 7.65. The van der Waals surface area contributed by atoms with Crippen LogP contribution in [0, 0.1) is 0 Å². The molecule has 1 saturated heterocycles. The molecule has 20 heavy (non-hydrogen) atoms. The number of nitrogens with two attached hydrogens (primary N) is 1. The molecule has 0 unspecified atom stereocenters. The second-order valence-corrected chi connectivity index (χ2v) is 5.52. The summed E-state index contributed by atoms with van der Waals surface area (Å²) >= 11 is 1.86. The number of thioether (sulfide) groups is 1. The molecule has 1 aromatic rings. The van der Waals surface area contributed by atoms with Crippen molar-refractivity contribution in [1.29, 1.82) is 0 Å². The van der Waals surface area contributed by atoms with Gasteiger partial charge in [-0.3, -0.25) is 4.99 Å². The number of guanidine groups is 1. The Balaban J connectivity index is 0.00000200. The molecular formula is C14H22IN3OS. The molecule has 2 N–H and O–H groups in total. The van der Waals surface area contributed by atoms with Crippen LogP contribution in [0.1, 0.15) is 6.42 Å². The molecule has 0 aromatic heterocycles. The predicted molar refractivity (Wildman–Crippen MR) is 96.1 cm³/mol. The fourth-order valence-electron chi connectivity index (χ4n) is 1.86. The maximum atomic E-state index is 5.96. The van der Waals surface area contributed by atoms with Crippen molar-refractivity contribution in [3.8, 4) is 0 Å². The van der Waals surface area contributed by atoms with Gasteiger partial charge in [-0.05, 0) is 24.3 Å². The second-order valence-electron chi connectivity index (χ2n) is 4.35. The van der Waals surface area contributed by atoms with Gasteiger partial charge < -0.3 is 15.4 Å². The summed E-state index contributed by atoms with van der Waals surface area (Å²) in [6, 6.07) is 10.4. The minimum atomic E-state index is 0. The standard InChI is InChI=1S/C14H21N3OS.HI/c15-14(17-8-10-18-11-9-17)16-7-4-12-19-13-5-2-1-3-6-13;/h1-3,5-6H,4,7-12H2,(H2,15,16);1H. The lowest BCUT2D eigenvalue weighted by Gasteiger charge is -2.27. The number of benzene rings is 1. The van der Waals surface area contributed by atoms with E-state index in [4.69, 9.17) is 10.5 Å². The Bertz CT molecular complexity index is 397. The average Bonchev–Trinajstić information content (AvgIpc) is 2.49. The van der Waals surface area contributed by atoms with E-state index in [1.54, 1.807) is 0 Å². The Kier molecular flexibility index (Phi) is 9.04. The van der Waals surface area contributed by atoms with Crippen LogP contribution in [0.5, 0.6) is 0 Å². The molecule has 0 atom stereocenters. The number of hydrogen-bond acceptors (Lipinski definition) is 3. The highest BCUT2D eigenvalue weighted by Gasteiger charge is 2.11. The smallest absolute Gasteiger partial charge is 0.191 e. The van der Waals surface area contributed by atoms with Gasteiger partial charge in [-0.25, -0.2) is 0 Å². The molecule has 6 heteroatoms. The third-order valence-electron chi connectivity index (χ3n) is 2.92. The van der Waals surface area contributed by atoms with E-state index in [-0.39, 0.29) is 24.0 Å². The van der Waals surface area contributed by atoms with E-state index in [0.29, 0.717) is 5.96 Å². The van der Waals surface area contributed by atoms with Crippen molar-refractivity contribution in [3.63, 3.8) is 0 Å². The molecule has 1 fully saturated rings. The normalized spacial score (nSPS) is 15.8. The minimum Gasteiger partial charge on any atom is -0.378 e. The summed E-state index contributed by atoms with van der Waals surface area (Å²) in [5, 5.41) is 0. The number of halogens is 1. The van der Waals surface area contributed by atoms with Gasteiger partial charge in [0, 0.05) is 24.5 Å². The van der Waals surface area contributed by atoms with Crippen LogP contribution in [0.2, 0.25) is 0 Å². The van der Waals surface area contributed by atoms with Crippen molar-refractivity contribution in [3.05, 3.63) is 30.3 Å². The average molecular weight is 407 g/mol. The Hall–Kier alpha value is -0.470. The first-order valence-electron chi connectivity index (χ1n) is 6.67. The molecular weight excluding hydrogens is 385 g/mol. The number of rotatable bonds is 5. The van der Waals surface area contributed by atoms with Gasteiger partial charge in [0.25, 0.3) is 0 Å². The van der Waals surface area contributed by atoms with Crippen molar-refractivity contribution in [2.75, 3.05) is 38.6 Å². The van der Waals surface area contributed by atoms with Crippen LogP contribution in [0.15, 0.2) is 40.2 Å². The van der Waals surface area contributed by atoms with E-state index in [2.05, 4.69) is 34.2 Å². The summed E-state index contributed by atoms with van der Waals surface area (Å²) in [6.45, 7) is 4.01. The van der Waals surface area contributed by atoms with Crippen molar-refractivity contribution in [2.45, 2.75) is 11.3 Å². The lowest BCUT2D eigenvalue weighted by molar-refractivity contribution is 0.0674. The highest BCUT2D eigenvalue weighted by Crippen LogP contribution is 2.17. The molecule has 1 aromatic carbocycles. The zero-order chi connectivity index (χ0) is 13.3. The summed E-state index contributed by atoms with van der Waals surface area (Å²) in [7, 11) is 0. The maximum Gasteiger partial charge on any atom is 0.191 e. The fourth-order valence-corrected chi connectivity index (χ4v) is 2.72. The summed E-state index contributed by atoms with van der Waals surface area (Å²) in [6.07, 6.45) is 1.05. The maximum absolute atomic E-state index is 5.96. The summed E-state index contributed by atoms with van der Waals surface area (Å²) < 4.78 is 5.29. The zero-order valence-electron chi connectivity index (χ0n) is 11.5. The third kappa shape index (κ3) is 6.32. The van der Waals surface area contributed by atoms with E-state index in [1.807, 2.05) is 17.8 Å². The third-order valence-corrected chi connectivity index (χ3v) is 4.02. The Morgan fingerprint density at radius 3 is 2.65 bits per heavy atom. The predicted octanol–water partition coefficient (Wildman–Crippen LogP) is 2.43. The molecule has 0 radical (unpaired) electrons. The summed E-state index contributed by atoms with van der Waals surface area (Å²) in [4.78, 5) is 7.83. The zero-order valence-corrected chi connectivity index (χ0v) is 14.7. The van der Waals surface area contributed by atoms with Crippen LogP contribution in [-0.2, 0) is 4.74 Å². The van der Waals surface area contributed by atoms with Gasteiger partial charge >= 0.3 is 0 Å². The van der Waals surface area contributed by atoms with Gasteiger partial charge in [0.1, 0.15) is 0 Å². The Labute approximate surface area is 142 Å². The Morgan fingerprint density at radius 1 is 1.25 bits per heavy atom. The van der Waals surface area contributed by atoms with Gasteiger partial charge in [0.2, 0.25) is 0 Å². The first kappa shape index (κ1) is 17.6. The molecule has 112 valence electrons. The van der Waals surface area contributed by atoms with Crippen LogP contribution in [0.3, 0.4) is 0 Å². The Morgan fingerprint density at radius 2 is 1.95 bits per heavy atom. The van der Waals surface area contributed by atoms with Crippen molar-refractivity contribution in [1.82, 2.24) is 4.90 Å². The van der Waals surface area contributed by atoms with Crippen LogP contribution in [0.4, 0.5) is 0 Å². The molecule has 1 heterocycles. The van der Waals surface area contributed by atoms with Crippen molar-refractivity contribution >= 4 is 41.7 Å². The van der Waals surface area contributed by atoms with Crippen LogP contribution < -0.4 is 5.73 Å². The van der Waals surface area contributed by atoms with Gasteiger partial charge in [0.05, 0.1) is 13.2 Å². The van der Waals surface area contributed by atoms with Crippen LogP contribution in [0.25, 0.3) is 0 Å². The number of morpholine rings is 1. The van der Waals surface area contributed by atoms with E-state index in [9.17, 15) is 0 Å². The van der Waals surface area contributed by atoms with Crippen molar-refractivity contribution in [2.24, 2.45) is 10.7 Å². The van der Waals surface area contributed by atoms with Crippen molar-refractivity contribution < 1.29 is 4.74 Å². The molecule has 2 rings (SSSR count). The molecule has 0 bridgehead atoms. The number of ether oxygens (including phenoxy) is 1. The van der Waals surface area contributed by atoms with Gasteiger partial charge in [-0.1, -0.05) is 18.2 Å². The highest BCUT2D eigenvalue weighted by atomic mass is 127. The number of hydrogen-bond donors (Lipinski definition) is 1. The molecule has 1 aliphatic rings. The van der Waals surface area contributed by atoms with Gasteiger partial charge in [-0.15, -0.1) is 35.7 Å². The van der Waals surface area contributed by atoms with E-state index >= 15 is 0 Å². The minimum absolute atomic E-state index is 0. The fraction of sp³-hybridized carbons (Fsp3) is 0.500. The first-order chi connectivity index (χ1) is 9.36. The van der Waals surface area contributed by atoms with Crippen LogP contribution >= 0.6 is 35.7 Å². The molecule has 0 amide bonds. The molecule has 4 nitrogen and oxygen atoms in total. The number of nitrogens with zero attached hydrogens (tertiary/aromatic N) is 2. The molecule has 0 saturated carbocycles. The monoisotopic (exact) mass is 407 g/mol. The lowest BCUT2D eigenvalue weighted by atomic mass is 10.4. The largest absolute Gasteiger partial charge is 0.378 e. The number of aliphatic imine (C=N–C) groups is 1. The highest BCUT2D eigenvalue weighted by molar-refractivity contribution is 14.0. The summed E-state index contributed by atoms with van der Waals surface area (Å²) in [5.74, 6) is 1.73. The quantitative estimate of drug-likeness (QED) is 0.268. The molecule has 0 aliphatic carbocycles. The van der Waals surface area contributed by atoms with E-state index in [0.717, 1.165) is 45.0 Å². The van der Waals surface area contributed by atoms with Gasteiger partial charge in [0.15, 0.2) is 5.96 Å². The van der Waals surface area contributed by atoms with Gasteiger partial charge in [-0.2, -0.15) is 0 Å². The summed E-state index contributed by atoms with van der Waals surface area (Å²) in [5.41, 5.74) is 5.96. The molecule has 0 spiro atoms. The van der Waals surface area contributed by atoms with E-state index < -0.39 is 0 Å². The second kappa shape index (κ2) is 10.3. The van der Waals surface area contributed by atoms with Crippen LogP contribution in [-0.4, -0.2) is 49.5 Å². The SMILES string of the molecule is I.NC(=NCCCSc1ccccc1)N1CCOCC1. The molecule has 1 aliphatic heterocycles. The topological polar surface area (TPSA) is 50.8 Å². The van der Waals surface area contributed by atoms with E-state index in [1.165, 1.54) is 4.90 Å². The lowest BCUT2D eigenvalue weighted by Crippen LogP contribution is -2.44.